The van der Waals surface area contributed by atoms with Crippen LogP contribution in [-0.2, 0) is 11.2 Å². The van der Waals surface area contributed by atoms with E-state index in [1.54, 1.807) is 20.2 Å². The molecule has 0 atom stereocenters. The molecule has 1 aromatic rings. The summed E-state index contributed by atoms with van der Waals surface area (Å²) >= 11 is 0. The van der Waals surface area contributed by atoms with Gasteiger partial charge in [-0.05, 0) is 24.5 Å². The van der Waals surface area contributed by atoms with Gasteiger partial charge in [0.05, 0.1) is 17.8 Å². The minimum atomic E-state index is -0.207. The third kappa shape index (κ3) is 3.05. The fraction of sp³-hybridized carbons (Fsp3) is 0.429. The Morgan fingerprint density at radius 2 is 2.16 bits per heavy atom. The van der Waals surface area contributed by atoms with E-state index in [4.69, 9.17) is 0 Å². The zero-order chi connectivity index (χ0) is 13.8. The van der Waals surface area contributed by atoms with Crippen LogP contribution in [0.15, 0.2) is 18.2 Å². The summed E-state index contributed by atoms with van der Waals surface area (Å²) in [6, 6.07) is 5.70. The molecule has 0 radical (unpaired) electrons. The molecule has 0 saturated heterocycles. The highest BCUT2D eigenvalue weighted by atomic mass is 16.2. The fourth-order valence-corrected chi connectivity index (χ4v) is 2.11. The minimum Gasteiger partial charge on any atom is -0.384 e. The van der Waals surface area contributed by atoms with Crippen molar-refractivity contribution in [3.8, 4) is 0 Å². The average molecular weight is 261 g/mol. The first-order chi connectivity index (χ1) is 9.09. The van der Waals surface area contributed by atoms with E-state index in [-0.39, 0.29) is 18.4 Å². The van der Waals surface area contributed by atoms with Crippen molar-refractivity contribution in [3.05, 3.63) is 29.3 Å². The van der Waals surface area contributed by atoms with E-state index in [9.17, 15) is 9.59 Å². The van der Waals surface area contributed by atoms with Crippen LogP contribution in [-0.4, -0.2) is 43.9 Å². The predicted molar refractivity (Wildman–Crippen MR) is 74.3 cm³/mol. The summed E-state index contributed by atoms with van der Waals surface area (Å²) < 4.78 is 0. The molecule has 0 aromatic heterocycles. The van der Waals surface area contributed by atoms with E-state index in [2.05, 4.69) is 10.6 Å². The molecule has 0 aliphatic carbocycles. The van der Waals surface area contributed by atoms with E-state index in [1.165, 1.54) is 4.90 Å². The van der Waals surface area contributed by atoms with Crippen molar-refractivity contribution >= 4 is 17.5 Å². The molecule has 5 nitrogen and oxygen atoms in total. The van der Waals surface area contributed by atoms with Crippen molar-refractivity contribution in [2.75, 3.05) is 32.5 Å². The van der Waals surface area contributed by atoms with Crippen LogP contribution in [0.5, 0.6) is 0 Å². The maximum atomic E-state index is 12.1. The number of carbonyl (C=O) groups is 2. The molecule has 0 unspecified atom stereocenters. The van der Waals surface area contributed by atoms with Gasteiger partial charge in [-0.2, -0.15) is 0 Å². The van der Waals surface area contributed by atoms with Crippen LogP contribution in [0.3, 0.4) is 0 Å². The van der Waals surface area contributed by atoms with Gasteiger partial charge in [0.25, 0.3) is 5.91 Å². The van der Waals surface area contributed by atoms with Crippen molar-refractivity contribution in [3.63, 3.8) is 0 Å². The molecule has 0 saturated carbocycles. The minimum absolute atomic E-state index is 0.0233. The molecule has 0 bridgehead atoms. The molecule has 0 spiro atoms. The number of rotatable bonds is 3. The molecule has 2 amide bonds. The van der Waals surface area contributed by atoms with Gasteiger partial charge in [0.2, 0.25) is 5.91 Å². The van der Waals surface area contributed by atoms with E-state index >= 15 is 0 Å². The molecule has 0 fully saturated rings. The van der Waals surface area contributed by atoms with Gasteiger partial charge in [0, 0.05) is 20.6 Å². The quantitative estimate of drug-likeness (QED) is 0.848. The van der Waals surface area contributed by atoms with E-state index < -0.39 is 0 Å². The van der Waals surface area contributed by atoms with Crippen molar-refractivity contribution in [2.24, 2.45) is 0 Å². The third-order valence-electron chi connectivity index (χ3n) is 3.22. The van der Waals surface area contributed by atoms with Crippen LogP contribution >= 0.6 is 0 Å². The van der Waals surface area contributed by atoms with Gasteiger partial charge in [0.15, 0.2) is 0 Å². The lowest BCUT2D eigenvalue weighted by Gasteiger charge is -2.21. The molecule has 5 heteroatoms. The summed E-state index contributed by atoms with van der Waals surface area (Å²) in [6.07, 6.45) is 2.07. The van der Waals surface area contributed by atoms with E-state index in [0.717, 1.165) is 30.6 Å². The summed E-state index contributed by atoms with van der Waals surface area (Å²) in [7, 11) is 3.33. The number of likely N-dealkylation sites (N-methyl/N-ethyl adjacent to an activating group) is 1. The Kier molecular flexibility index (Phi) is 4.04. The summed E-state index contributed by atoms with van der Waals surface area (Å²) in [5.41, 5.74) is 2.69. The van der Waals surface area contributed by atoms with Crippen molar-refractivity contribution in [2.45, 2.75) is 12.8 Å². The number of fused-ring (bicyclic) bond motifs is 1. The zero-order valence-corrected chi connectivity index (χ0v) is 11.3. The Morgan fingerprint density at radius 3 is 2.89 bits per heavy atom. The molecule has 2 rings (SSSR count). The number of anilines is 1. The zero-order valence-electron chi connectivity index (χ0n) is 11.3. The number of hydrogen-bond acceptors (Lipinski definition) is 3. The first-order valence-electron chi connectivity index (χ1n) is 6.43. The van der Waals surface area contributed by atoms with Crippen LogP contribution < -0.4 is 10.6 Å². The summed E-state index contributed by atoms with van der Waals surface area (Å²) in [5.74, 6) is -0.326. The molecule has 1 aromatic carbocycles. The van der Waals surface area contributed by atoms with Crippen molar-refractivity contribution in [1.29, 1.82) is 0 Å². The number of nitrogens with one attached hydrogen (secondary N) is 2. The largest absolute Gasteiger partial charge is 0.384 e. The number of hydrogen-bond donors (Lipinski definition) is 2. The van der Waals surface area contributed by atoms with Crippen LogP contribution in [0.1, 0.15) is 22.3 Å². The highest BCUT2D eigenvalue weighted by Gasteiger charge is 2.17. The van der Waals surface area contributed by atoms with E-state index in [0.29, 0.717) is 5.56 Å². The lowest BCUT2D eigenvalue weighted by molar-refractivity contribution is -0.127. The van der Waals surface area contributed by atoms with Crippen molar-refractivity contribution < 1.29 is 9.59 Å². The van der Waals surface area contributed by atoms with Crippen molar-refractivity contribution in [1.82, 2.24) is 10.2 Å². The van der Waals surface area contributed by atoms with E-state index in [1.807, 2.05) is 12.1 Å². The normalized spacial score (nSPS) is 13.2. The monoisotopic (exact) mass is 261 g/mol. The van der Waals surface area contributed by atoms with Gasteiger partial charge < -0.3 is 15.5 Å². The SMILES string of the molecule is CN(C)C(=O)CNC(=O)c1cccc2c1NCCC2. The van der Waals surface area contributed by atoms with Gasteiger partial charge in [-0.15, -0.1) is 0 Å². The standard InChI is InChI=1S/C14H19N3O2/c1-17(2)12(18)9-16-14(19)11-7-3-5-10-6-4-8-15-13(10)11/h3,5,7,15H,4,6,8-9H2,1-2H3,(H,16,19). The van der Waals surface area contributed by atoms with Gasteiger partial charge in [0.1, 0.15) is 0 Å². The molecule has 102 valence electrons. The number of para-hydroxylation sites is 1. The second kappa shape index (κ2) is 5.73. The second-order valence-electron chi connectivity index (χ2n) is 4.84. The van der Waals surface area contributed by atoms with Gasteiger partial charge in [-0.25, -0.2) is 0 Å². The second-order valence-corrected chi connectivity index (χ2v) is 4.84. The maximum absolute atomic E-state index is 12.1. The number of amides is 2. The summed E-state index contributed by atoms with van der Waals surface area (Å²) in [6.45, 7) is 0.906. The Hall–Kier alpha value is -2.04. The molecule has 1 heterocycles. The number of benzene rings is 1. The van der Waals surface area contributed by atoms with Crippen LogP contribution in [0.25, 0.3) is 0 Å². The Bertz CT molecular complexity index is 497. The summed E-state index contributed by atoms with van der Waals surface area (Å²) in [5, 5.41) is 5.93. The first kappa shape index (κ1) is 13.4. The maximum Gasteiger partial charge on any atom is 0.253 e. The molecule has 2 N–H and O–H groups in total. The third-order valence-corrected chi connectivity index (χ3v) is 3.22. The van der Waals surface area contributed by atoms with Crippen LogP contribution in [0, 0.1) is 0 Å². The smallest absolute Gasteiger partial charge is 0.253 e. The highest BCUT2D eigenvalue weighted by molar-refractivity contribution is 6.01. The van der Waals surface area contributed by atoms with Crippen LogP contribution in [0.2, 0.25) is 0 Å². The topological polar surface area (TPSA) is 61.4 Å². The molecular weight excluding hydrogens is 242 g/mol. The molecular formula is C14H19N3O2. The van der Waals surface area contributed by atoms with Gasteiger partial charge in [-0.3, -0.25) is 9.59 Å². The highest BCUT2D eigenvalue weighted by Crippen LogP contribution is 2.25. The number of aryl methyl sites for hydroxylation is 1. The molecule has 1 aliphatic heterocycles. The molecule has 19 heavy (non-hydrogen) atoms. The Labute approximate surface area is 113 Å². The predicted octanol–water partition coefficient (Wildman–Crippen LogP) is 0.863. The number of nitrogens with zero attached hydrogens (tertiary/aromatic N) is 1. The van der Waals surface area contributed by atoms with Gasteiger partial charge >= 0.3 is 0 Å². The fourth-order valence-electron chi connectivity index (χ4n) is 2.11. The first-order valence-corrected chi connectivity index (χ1v) is 6.43. The lowest BCUT2D eigenvalue weighted by Crippen LogP contribution is -2.36. The average Bonchev–Trinajstić information content (AvgIpc) is 2.43. The van der Waals surface area contributed by atoms with Crippen LogP contribution in [0.4, 0.5) is 5.69 Å². The Balaban J connectivity index is 2.09. The lowest BCUT2D eigenvalue weighted by atomic mass is 9.99. The van der Waals surface area contributed by atoms with Gasteiger partial charge in [-0.1, -0.05) is 12.1 Å². The molecule has 1 aliphatic rings. The summed E-state index contributed by atoms with van der Waals surface area (Å²) in [4.78, 5) is 25.0. The number of carbonyl (C=O) groups excluding carboxylic acids is 2. The Morgan fingerprint density at radius 1 is 1.37 bits per heavy atom.